The van der Waals surface area contributed by atoms with Gasteiger partial charge in [-0.05, 0) is 23.4 Å². The minimum atomic E-state index is -0.618. The number of halogens is 1. The molecule has 0 saturated heterocycles. The monoisotopic (exact) mass is 319 g/mol. The van der Waals surface area contributed by atoms with Crippen LogP contribution in [0.25, 0.3) is 0 Å². The van der Waals surface area contributed by atoms with Crippen molar-refractivity contribution >= 4 is 21.8 Å². The first kappa shape index (κ1) is 15.7. The SMILES string of the molecule is CCC(CC)O[C@H]1C=C(Br)C[C@H](O)[C@H]1NC(C)=O. The molecule has 0 heterocycles. The fraction of sp³-hybridized carbons (Fsp3) is 0.769. The Bertz CT molecular complexity index is 315. The number of carbonyl (C=O) groups excluding carboxylic acids is 1. The number of amides is 1. The summed E-state index contributed by atoms with van der Waals surface area (Å²) < 4.78 is 6.89. The molecule has 0 aromatic heterocycles. The van der Waals surface area contributed by atoms with Crippen LogP contribution in [0.5, 0.6) is 0 Å². The summed E-state index contributed by atoms with van der Waals surface area (Å²) in [6.07, 6.45) is 3.53. The second kappa shape index (κ2) is 7.26. The minimum Gasteiger partial charge on any atom is -0.391 e. The van der Waals surface area contributed by atoms with Crippen molar-refractivity contribution in [2.24, 2.45) is 0 Å². The molecular weight excluding hydrogens is 298 g/mol. The van der Waals surface area contributed by atoms with E-state index in [-0.39, 0.29) is 24.2 Å². The summed E-state index contributed by atoms with van der Waals surface area (Å²) in [7, 11) is 0. The molecule has 0 fully saturated rings. The first-order chi connectivity index (χ1) is 8.47. The van der Waals surface area contributed by atoms with E-state index in [2.05, 4.69) is 35.1 Å². The average Bonchev–Trinajstić information content (AvgIpc) is 2.29. The Hall–Kier alpha value is -0.390. The van der Waals surface area contributed by atoms with E-state index in [0.717, 1.165) is 17.3 Å². The van der Waals surface area contributed by atoms with Crippen LogP contribution in [0.2, 0.25) is 0 Å². The molecule has 0 aromatic carbocycles. The summed E-state index contributed by atoms with van der Waals surface area (Å²) in [5, 5.41) is 12.8. The predicted octanol–water partition coefficient (Wildman–Crippen LogP) is 2.11. The average molecular weight is 320 g/mol. The third kappa shape index (κ3) is 4.37. The quantitative estimate of drug-likeness (QED) is 0.816. The summed E-state index contributed by atoms with van der Waals surface area (Å²) in [5.74, 6) is -0.149. The molecule has 5 heteroatoms. The van der Waals surface area contributed by atoms with Gasteiger partial charge in [-0.3, -0.25) is 4.79 Å². The lowest BCUT2D eigenvalue weighted by atomic mass is 9.95. The standard InChI is InChI=1S/C13H22BrNO3/c1-4-10(5-2)18-12-7-9(14)6-11(17)13(12)15-8(3)16/h7,10-13,17H,4-6H2,1-3H3,(H,15,16)/t11-,12-,13+/m0/s1. The fourth-order valence-electron chi connectivity index (χ4n) is 2.14. The Morgan fingerprint density at radius 3 is 2.72 bits per heavy atom. The maximum Gasteiger partial charge on any atom is 0.217 e. The maximum atomic E-state index is 11.2. The van der Waals surface area contributed by atoms with Crippen LogP contribution in [0, 0.1) is 0 Å². The minimum absolute atomic E-state index is 0.146. The Balaban J connectivity index is 2.79. The Kier molecular flexibility index (Phi) is 6.32. The highest BCUT2D eigenvalue weighted by Crippen LogP contribution is 2.27. The van der Waals surface area contributed by atoms with Gasteiger partial charge in [0.2, 0.25) is 5.91 Å². The molecule has 1 aliphatic rings. The molecule has 1 aliphatic carbocycles. The maximum absolute atomic E-state index is 11.2. The van der Waals surface area contributed by atoms with Gasteiger partial charge in [0.25, 0.3) is 0 Å². The van der Waals surface area contributed by atoms with Gasteiger partial charge < -0.3 is 15.2 Å². The second-order valence-corrected chi connectivity index (χ2v) is 5.67. The number of hydrogen-bond donors (Lipinski definition) is 2. The molecule has 0 spiro atoms. The molecule has 104 valence electrons. The summed E-state index contributed by atoms with van der Waals surface area (Å²) in [4.78, 5) is 11.2. The Morgan fingerprint density at radius 1 is 1.61 bits per heavy atom. The number of hydrogen-bond acceptors (Lipinski definition) is 3. The molecule has 0 unspecified atom stereocenters. The van der Waals surface area contributed by atoms with Crippen molar-refractivity contribution in [2.45, 2.75) is 64.4 Å². The van der Waals surface area contributed by atoms with Crippen molar-refractivity contribution < 1.29 is 14.6 Å². The van der Waals surface area contributed by atoms with Crippen molar-refractivity contribution in [3.05, 3.63) is 10.6 Å². The van der Waals surface area contributed by atoms with Crippen LogP contribution in [0.3, 0.4) is 0 Å². The van der Waals surface area contributed by atoms with Crippen LogP contribution in [0.4, 0.5) is 0 Å². The van der Waals surface area contributed by atoms with Gasteiger partial charge in [0.1, 0.15) is 0 Å². The van der Waals surface area contributed by atoms with Crippen LogP contribution in [-0.4, -0.2) is 35.4 Å². The molecule has 0 radical (unpaired) electrons. The topological polar surface area (TPSA) is 58.6 Å². The van der Waals surface area contributed by atoms with Gasteiger partial charge in [-0.1, -0.05) is 29.8 Å². The predicted molar refractivity (Wildman–Crippen MR) is 74.5 cm³/mol. The van der Waals surface area contributed by atoms with E-state index < -0.39 is 6.10 Å². The molecule has 0 bridgehead atoms. The van der Waals surface area contributed by atoms with Crippen molar-refractivity contribution in [3.8, 4) is 0 Å². The molecule has 3 atom stereocenters. The number of rotatable bonds is 5. The number of carbonyl (C=O) groups is 1. The van der Waals surface area contributed by atoms with Gasteiger partial charge in [0.05, 0.1) is 24.4 Å². The van der Waals surface area contributed by atoms with Gasteiger partial charge in [-0.25, -0.2) is 0 Å². The van der Waals surface area contributed by atoms with Crippen LogP contribution in [0.15, 0.2) is 10.6 Å². The molecule has 1 amide bonds. The zero-order valence-electron chi connectivity index (χ0n) is 11.1. The summed E-state index contributed by atoms with van der Waals surface area (Å²) >= 11 is 3.40. The van der Waals surface area contributed by atoms with E-state index in [9.17, 15) is 9.90 Å². The third-order valence-electron chi connectivity index (χ3n) is 3.15. The molecule has 0 aromatic rings. The normalized spacial score (nSPS) is 28.1. The van der Waals surface area contributed by atoms with Gasteiger partial charge in [-0.2, -0.15) is 0 Å². The smallest absolute Gasteiger partial charge is 0.217 e. The van der Waals surface area contributed by atoms with E-state index in [1.165, 1.54) is 6.92 Å². The molecule has 0 saturated carbocycles. The highest BCUT2D eigenvalue weighted by Gasteiger charge is 2.34. The number of aliphatic hydroxyl groups excluding tert-OH is 1. The first-order valence-corrected chi connectivity index (χ1v) is 7.24. The molecule has 18 heavy (non-hydrogen) atoms. The van der Waals surface area contributed by atoms with Crippen LogP contribution < -0.4 is 5.32 Å². The van der Waals surface area contributed by atoms with E-state index in [1.54, 1.807) is 0 Å². The number of nitrogens with one attached hydrogen (secondary N) is 1. The van der Waals surface area contributed by atoms with E-state index in [4.69, 9.17) is 4.74 Å². The molecular formula is C13H22BrNO3. The van der Waals surface area contributed by atoms with Crippen molar-refractivity contribution in [3.63, 3.8) is 0 Å². The van der Waals surface area contributed by atoms with Crippen LogP contribution in [-0.2, 0) is 9.53 Å². The van der Waals surface area contributed by atoms with Crippen molar-refractivity contribution in [1.29, 1.82) is 0 Å². The summed E-state index contributed by atoms with van der Waals surface area (Å²) in [5.41, 5.74) is 0. The van der Waals surface area contributed by atoms with Gasteiger partial charge in [0.15, 0.2) is 0 Å². The van der Waals surface area contributed by atoms with Gasteiger partial charge in [-0.15, -0.1) is 0 Å². The molecule has 1 rings (SSSR count). The van der Waals surface area contributed by atoms with E-state index in [1.807, 2.05) is 6.08 Å². The second-order valence-electron chi connectivity index (χ2n) is 4.65. The highest BCUT2D eigenvalue weighted by atomic mass is 79.9. The molecule has 4 nitrogen and oxygen atoms in total. The van der Waals surface area contributed by atoms with E-state index >= 15 is 0 Å². The van der Waals surface area contributed by atoms with Gasteiger partial charge in [0, 0.05) is 13.3 Å². The molecule has 0 aliphatic heterocycles. The number of aliphatic hydroxyl groups is 1. The Morgan fingerprint density at radius 2 is 2.22 bits per heavy atom. The zero-order chi connectivity index (χ0) is 13.7. The van der Waals surface area contributed by atoms with Gasteiger partial charge >= 0.3 is 0 Å². The zero-order valence-corrected chi connectivity index (χ0v) is 12.7. The lowest BCUT2D eigenvalue weighted by Gasteiger charge is -2.35. The van der Waals surface area contributed by atoms with Crippen LogP contribution >= 0.6 is 15.9 Å². The third-order valence-corrected chi connectivity index (χ3v) is 3.74. The highest BCUT2D eigenvalue weighted by molar-refractivity contribution is 9.11. The van der Waals surface area contributed by atoms with E-state index in [0.29, 0.717) is 6.42 Å². The van der Waals surface area contributed by atoms with Crippen LogP contribution in [0.1, 0.15) is 40.0 Å². The fourth-order valence-corrected chi connectivity index (χ4v) is 2.73. The molecule has 2 N–H and O–H groups in total. The lowest BCUT2D eigenvalue weighted by Crippen LogP contribution is -2.53. The number of ether oxygens (including phenoxy) is 1. The largest absolute Gasteiger partial charge is 0.391 e. The van der Waals surface area contributed by atoms with Crippen molar-refractivity contribution in [1.82, 2.24) is 5.32 Å². The first-order valence-electron chi connectivity index (χ1n) is 6.44. The lowest BCUT2D eigenvalue weighted by molar-refractivity contribution is -0.123. The summed E-state index contributed by atoms with van der Waals surface area (Å²) in [6.45, 7) is 5.59. The van der Waals surface area contributed by atoms with Crippen molar-refractivity contribution in [2.75, 3.05) is 0 Å². The Labute approximate surface area is 117 Å². The summed E-state index contributed by atoms with van der Waals surface area (Å²) in [6, 6.07) is -0.371.